The van der Waals surface area contributed by atoms with E-state index in [0.717, 1.165) is 27.0 Å². The van der Waals surface area contributed by atoms with E-state index in [9.17, 15) is 33.2 Å². The van der Waals surface area contributed by atoms with Crippen LogP contribution in [0.2, 0.25) is 0 Å². The number of amides is 6. The van der Waals surface area contributed by atoms with Crippen LogP contribution in [0.4, 0.5) is 25.4 Å². The minimum absolute atomic E-state index is 0.230. The molecule has 6 amide bonds. The zero-order valence-electron chi connectivity index (χ0n) is 36.1. The van der Waals surface area contributed by atoms with E-state index in [2.05, 4.69) is 37.2 Å². The predicted molar refractivity (Wildman–Crippen MR) is 239 cm³/mol. The van der Waals surface area contributed by atoms with E-state index in [-0.39, 0.29) is 35.5 Å². The Hall–Kier alpha value is -6.23. The number of nitrogens with zero attached hydrogens (tertiary/aromatic N) is 3. The fourth-order valence-corrected chi connectivity index (χ4v) is 8.69. The Bertz CT molecular complexity index is 2320. The molecule has 63 heavy (non-hydrogen) atoms. The molecular weight excluding hydrogens is 877 g/mol. The highest BCUT2D eigenvalue weighted by Gasteiger charge is 2.40. The summed E-state index contributed by atoms with van der Waals surface area (Å²) in [7, 11) is 2.46. The maximum atomic E-state index is 14.2. The van der Waals surface area contributed by atoms with Gasteiger partial charge in [-0.3, -0.25) is 19.2 Å². The van der Waals surface area contributed by atoms with Gasteiger partial charge in [0.15, 0.2) is 0 Å². The third-order valence-electron chi connectivity index (χ3n) is 11.4. The van der Waals surface area contributed by atoms with E-state index in [1.807, 2.05) is 62.6 Å². The average Bonchev–Trinajstić information content (AvgIpc) is 4.04. The Morgan fingerprint density at radius 2 is 1.08 bits per heavy atom. The maximum Gasteiger partial charge on any atom is 0.407 e. The summed E-state index contributed by atoms with van der Waals surface area (Å²) in [6.07, 6.45) is 0.790. The van der Waals surface area contributed by atoms with E-state index < -0.39 is 42.2 Å². The van der Waals surface area contributed by atoms with Crippen molar-refractivity contribution in [3.05, 3.63) is 89.2 Å². The second-order valence-corrected chi connectivity index (χ2v) is 17.1. The summed E-state index contributed by atoms with van der Waals surface area (Å²) in [5.74, 6) is -2.22. The molecule has 4 atom stereocenters. The lowest BCUT2D eigenvalue weighted by Gasteiger charge is -2.30. The minimum atomic E-state index is -0.848. The van der Waals surface area contributed by atoms with Crippen LogP contribution in [-0.4, -0.2) is 102 Å². The molecule has 4 aromatic rings. The number of nitrogens with one attached hydrogen (secondary N) is 4. The summed E-state index contributed by atoms with van der Waals surface area (Å²) in [5.41, 5.74) is 4.81. The first-order chi connectivity index (χ1) is 30.1. The largest absolute Gasteiger partial charge is 0.453 e. The van der Waals surface area contributed by atoms with Crippen LogP contribution in [0, 0.1) is 17.7 Å². The summed E-state index contributed by atoms with van der Waals surface area (Å²) in [6.45, 7) is 8.02. The fourth-order valence-electron chi connectivity index (χ4n) is 8.07. The molecule has 0 unspecified atom stereocenters. The van der Waals surface area contributed by atoms with E-state index in [0.29, 0.717) is 55.8 Å². The molecule has 2 fully saturated rings. The molecule has 0 radical (unpaired) electrons. The van der Waals surface area contributed by atoms with Gasteiger partial charge >= 0.3 is 12.2 Å². The second-order valence-electron chi connectivity index (χ2n) is 16.3. The number of carbonyl (C=O) groups excluding carboxylic acids is 6. The maximum absolute atomic E-state index is 14.2. The van der Waals surface area contributed by atoms with Gasteiger partial charge in [0.05, 0.1) is 25.6 Å². The molecule has 3 aromatic carbocycles. The Morgan fingerprint density at radius 3 is 1.49 bits per heavy atom. The third-order valence-corrected chi connectivity index (χ3v) is 12.0. The molecule has 2 saturated heterocycles. The zero-order valence-corrected chi connectivity index (χ0v) is 37.7. The molecule has 15 nitrogen and oxygen atoms in total. The number of benzene rings is 3. The highest BCUT2D eigenvalue weighted by atomic mass is 79.9. The van der Waals surface area contributed by atoms with Crippen LogP contribution in [-0.2, 0) is 28.7 Å². The molecule has 0 bridgehead atoms. The van der Waals surface area contributed by atoms with Crippen LogP contribution in [0.3, 0.4) is 0 Å². The van der Waals surface area contributed by atoms with Gasteiger partial charge < -0.3 is 45.1 Å². The number of likely N-dealkylation sites (tertiary alicyclic amines) is 2. The quantitative estimate of drug-likeness (QED) is 0.108. The van der Waals surface area contributed by atoms with Gasteiger partial charge in [-0.15, -0.1) is 0 Å². The molecule has 4 N–H and O–H groups in total. The van der Waals surface area contributed by atoms with E-state index in [1.165, 1.54) is 36.2 Å². The average molecular weight is 931 g/mol. The molecule has 2 aliphatic rings. The number of hydrogen-bond donors (Lipinski definition) is 4. The van der Waals surface area contributed by atoms with Gasteiger partial charge in [-0.1, -0.05) is 52.0 Å². The van der Waals surface area contributed by atoms with Gasteiger partial charge in [-0.05, 0) is 119 Å². The number of hydrogen-bond acceptors (Lipinski definition) is 8. The summed E-state index contributed by atoms with van der Waals surface area (Å²) in [5, 5.41) is 11.1. The molecule has 0 spiro atoms. The van der Waals surface area contributed by atoms with Crippen LogP contribution in [0.25, 0.3) is 28.2 Å². The lowest BCUT2D eigenvalue weighted by atomic mass is 10.0. The lowest BCUT2D eigenvalue weighted by Crippen LogP contribution is -2.54. The smallest absolute Gasteiger partial charge is 0.407 e. The summed E-state index contributed by atoms with van der Waals surface area (Å²) >= 11 is 3.76. The van der Waals surface area contributed by atoms with Crippen molar-refractivity contribution in [2.75, 3.05) is 37.9 Å². The Balaban J connectivity index is 1.20. The molecule has 1 aromatic heterocycles. The number of aromatic nitrogens is 1. The Morgan fingerprint density at radius 1 is 0.651 bits per heavy atom. The fraction of sp³-hybridized carbons (Fsp3) is 0.391. The molecule has 0 aliphatic carbocycles. The van der Waals surface area contributed by atoms with Gasteiger partial charge in [0.1, 0.15) is 30.0 Å². The summed E-state index contributed by atoms with van der Waals surface area (Å²) in [6, 6.07) is 19.5. The van der Waals surface area contributed by atoms with Gasteiger partial charge in [0.25, 0.3) is 0 Å². The van der Waals surface area contributed by atoms with Crippen molar-refractivity contribution in [2.45, 2.75) is 77.5 Å². The number of alkyl carbamates (subject to hydrolysis) is 2. The van der Waals surface area contributed by atoms with Crippen molar-refractivity contribution in [3.63, 3.8) is 0 Å². The Kier molecular flexibility index (Phi) is 14.9. The normalized spacial score (nSPS) is 17.0. The number of methoxy groups -OCH3 is 2. The first kappa shape index (κ1) is 46.3. The van der Waals surface area contributed by atoms with E-state index >= 15 is 0 Å². The lowest BCUT2D eigenvalue weighted by molar-refractivity contribution is -0.139. The van der Waals surface area contributed by atoms with Crippen molar-refractivity contribution in [3.8, 4) is 28.2 Å². The van der Waals surface area contributed by atoms with E-state index in [4.69, 9.17) is 9.47 Å². The van der Waals surface area contributed by atoms with Crippen molar-refractivity contribution >= 4 is 63.1 Å². The molecule has 0 saturated carbocycles. The highest BCUT2D eigenvalue weighted by Crippen LogP contribution is 2.40. The zero-order chi connectivity index (χ0) is 45.5. The van der Waals surface area contributed by atoms with Gasteiger partial charge in [0.2, 0.25) is 23.6 Å². The monoisotopic (exact) mass is 929 g/mol. The minimum Gasteiger partial charge on any atom is -0.453 e. The number of carbonyl (C=O) groups is 6. The summed E-state index contributed by atoms with van der Waals surface area (Å²) < 4.78 is 26.4. The molecule has 3 heterocycles. The molecule has 2 aliphatic heterocycles. The van der Waals surface area contributed by atoms with Crippen LogP contribution in [0.1, 0.15) is 53.4 Å². The van der Waals surface area contributed by atoms with Crippen molar-refractivity contribution in [1.29, 1.82) is 0 Å². The predicted octanol–water partition coefficient (Wildman–Crippen LogP) is 7.33. The Labute approximate surface area is 374 Å². The number of ether oxygens (including phenoxy) is 2. The number of rotatable bonds is 13. The van der Waals surface area contributed by atoms with Gasteiger partial charge in [-0.25, -0.2) is 14.0 Å². The molecule has 6 rings (SSSR count). The summed E-state index contributed by atoms with van der Waals surface area (Å²) in [4.78, 5) is 81.2. The van der Waals surface area contributed by atoms with Crippen LogP contribution < -0.4 is 21.3 Å². The van der Waals surface area contributed by atoms with Crippen molar-refractivity contribution in [1.82, 2.24) is 25.0 Å². The van der Waals surface area contributed by atoms with Crippen molar-refractivity contribution in [2.24, 2.45) is 11.8 Å². The molecule has 334 valence electrons. The second kappa shape index (κ2) is 20.3. The van der Waals surface area contributed by atoms with Crippen molar-refractivity contribution < 1.29 is 42.6 Å². The number of anilines is 2. The van der Waals surface area contributed by atoms with Gasteiger partial charge in [0, 0.05) is 34.6 Å². The van der Waals surface area contributed by atoms with Crippen LogP contribution in [0.5, 0.6) is 0 Å². The SMILES string of the molecule is COC(=O)N[C@H](C(=O)N1CCC[C@H]1C(=O)Nc1ccc(-c2cc(Br)c(-c3ccc(NC(=O)[C@@H]4CCCN4C(=O)[C@@H](NC(=O)OC)C(C)C)cc3)n2-c2ccc(F)cc2)cc1)C(C)C. The molecular formula is C46H53BrFN7O8. The van der Waals surface area contributed by atoms with Crippen LogP contribution >= 0.6 is 15.9 Å². The first-order valence-corrected chi connectivity index (χ1v) is 21.7. The molecule has 17 heteroatoms. The standard InChI is InChI=1S/C46H53BrFN7O8/c1-26(2)38(51-45(60)62-5)43(58)53-23-7-9-35(53)41(56)49-31-17-11-28(12-18-31)37-25-34(47)40(55(37)33-21-15-30(48)16-22-33)29-13-19-32(20-14-29)50-42(57)36-10-8-24-54(36)44(59)39(27(3)4)52-46(61)63-6/h11-22,25-27,35-36,38-39H,7-10,23-24H2,1-6H3,(H,49,56)(H,50,57)(H,51,60)(H,52,61)/t35-,36-,38-,39-/m0/s1. The topological polar surface area (TPSA) is 180 Å². The van der Waals surface area contributed by atoms with Crippen LogP contribution in [0.15, 0.2) is 83.3 Å². The number of halogens is 2. The van der Waals surface area contributed by atoms with E-state index in [1.54, 1.807) is 36.4 Å². The first-order valence-electron chi connectivity index (χ1n) is 20.9. The highest BCUT2D eigenvalue weighted by molar-refractivity contribution is 9.10. The third kappa shape index (κ3) is 10.5. The van der Waals surface area contributed by atoms with Gasteiger partial charge in [-0.2, -0.15) is 0 Å².